The molecule has 1 aromatic heterocycles. The fourth-order valence-electron chi connectivity index (χ4n) is 3.13. The number of rotatable bonds is 8. The maximum Gasteiger partial charge on any atom is 0.335 e. The Morgan fingerprint density at radius 2 is 1.74 bits per heavy atom. The molecule has 0 spiro atoms. The van der Waals surface area contributed by atoms with Gasteiger partial charge in [0.05, 0.1) is 27.6 Å². The number of aromatic carboxylic acids is 1. The van der Waals surface area contributed by atoms with E-state index in [1.165, 1.54) is 32.2 Å². The van der Waals surface area contributed by atoms with Gasteiger partial charge in [-0.05, 0) is 76.1 Å². The van der Waals surface area contributed by atoms with E-state index in [9.17, 15) is 22.9 Å². The quantitative estimate of drug-likeness (QED) is 0.337. The number of aryl methyl sites for hydroxylation is 1. The van der Waals surface area contributed by atoms with Crippen molar-refractivity contribution in [1.82, 2.24) is 9.97 Å². The monoisotopic (exact) mass is 536 g/mol. The number of anilines is 4. The summed E-state index contributed by atoms with van der Waals surface area (Å²) in [5.41, 5.74) is 1.52. The summed E-state index contributed by atoms with van der Waals surface area (Å²) in [5.74, 6) is -0.917. The minimum atomic E-state index is -3.83. The summed E-state index contributed by atoms with van der Waals surface area (Å²) in [5, 5.41) is 15.4. The summed E-state index contributed by atoms with van der Waals surface area (Å²) in [4.78, 5) is 19.8. The Hall–Kier alpha value is -2.94. The molecule has 0 fully saturated rings. The van der Waals surface area contributed by atoms with Gasteiger partial charge >= 0.3 is 5.97 Å². The van der Waals surface area contributed by atoms with Crippen LogP contribution in [0.4, 0.5) is 23.1 Å². The summed E-state index contributed by atoms with van der Waals surface area (Å²) in [6.07, 6.45) is 1.36. The molecular weight excluding hydrogens is 511 g/mol. The molecule has 0 amide bonds. The normalized spacial score (nSPS) is 12.0. The maximum atomic E-state index is 12.9. The number of hydrogen-bond acceptors (Lipinski definition) is 8. The maximum absolute atomic E-state index is 12.9. The summed E-state index contributed by atoms with van der Waals surface area (Å²) >= 11 is 6.27. The first-order valence-corrected chi connectivity index (χ1v) is 15.1. The SMILES string of the molecule is Cc1cc(P(C)(C)=O)ccc1Nc1ncc(Cl)c(Nc2ccc(C(=O)O)cc2S(=O)(=O)C(C)C)n1. The van der Waals surface area contributed by atoms with Gasteiger partial charge in [0.15, 0.2) is 15.7 Å². The summed E-state index contributed by atoms with van der Waals surface area (Å²) in [7, 11) is -6.24. The lowest BCUT2D eigenvalue weighted by atomic mass is 10.2. The zero-order valence-corrected chi connectivity index (χ0v) is 22.3. The van der Waals surface area contributed by atoms with Gasteiger partial charge in [-0.2, -0.15) is 4.98 Å². The van der Waals surface area contributed by atoms with Crippen LogP contribution in [-0.4, -0.2) is 48.0 Å². The molecule has 0 atom stereocenters. The van der Waals surface area contributed by atoms with Gasteiger partial charge in [-0.25, -0.2) is 18.2 Å². The van der Waals surface area contributed by atoms with E-state index in [0.717, 1.165) is 16.9 Å². The number of nitrogens with one attached hydrogen (secondary N) is 2. The number of carboxylic acids is 1. The number of sulfone groups is 1. The zero-order chi connectivity index (χ0) is 26.1. The molecule has 3 aromatic rings. The van der Waals surface area contributed by atoms with Gasteiger partial charge in [0.25, 0.3) is 0 Å². The van der Waals surface area contributed by atoms with Crippen LogP contribution in [0, 0.1) is 6.92 Å². The predicted octanol–water partition coefficient (Wildman–Crippen LogP) is 5.05. The van der Waals surface area contributed by atoms with Crippen LogP contribution >= 0.6 is 18.7 Å². The molecule has 0 unspecified atom stereocenters. The molecule has 0 saturated carbocycles. The van der Waals surface area contributed by atoms with E-state index < -0.39 is 28.2 Å². The van der Waals surface area contributed by atoms with E-state index in [2.05, 4.69) is 20.6 Å². The van der Waals surface area contributed by atoms with Crippen LogP contribution in [-0.2, 0) is 14.4 Å². The van der Waals surface area contributed by atoms with Gasteiger partial charge in [0.1, 0.15) is 12.2 Å². The first-order chi connectivity index (χ1) is 16.2. The average molecular weight is 537 g/mol. The molecule has 1 heterocycles. The number of nitrogens with zero attached hydrogens (tertiary/aromatic N) is 2. The predicted molar refractivity (Wildman–Crippen MR) is 140 cm³/mol. The van der Waals surface area contributed by atoms with Crippen LogP contribution in [0.1, 0.15) is 29.8 Å². The molecule has 186 valence electrons. The molecule has 0 aliphatic heterocycles. The van der Waals surface area contributed by atoms with Gasteiger partial charge in [0, 0.05) is 11.0 Å². The fraction of sp³-hybridized carbons (Fsp3) is 0.261. The molecule has 2 aromatic carbocycles. The number of hydrogen-bond donors (Lipinski definition) is 3. The van der Waals surface area contributed by atoms with Crippen molar-refractivity contribution in [2.75, 3.05) is 24.0 Å². The van der Waals surface area contributed by atoms with Crippen LogP contribution in [0.15, 0.2) is 47.5 Å². The zero-order valence-electron chi connectivity index (χ0n) is 19.8. The fourth-order valence-corrected chi connectivity index (χ4v) is 5.44. The average Bonchev–Trinajstić information content (AvgIpc) is 2.76. The van der Waals surface area contributed by atoms with Crippen LogP contribution < -0.4 is 15.9 Å². The van der Waals surface area contributed by atoms with Crippen molar-refractivity contribution in [2.45, 2.75) is 30.9 Å². The number of aromatic nitrogens is 2. The second-order valence-corrected chi connectivity index (χ2v) is 14.7. The van der Waals surface area contributed by atoms with Crippen molar-refractivity contribution in [3.63, 3.8) is 0 Å². The van der Waals surface area contributed by atoms with Crippen LogP contribution in [0.2, 0.25) is 5.02 Å². The van der Waals surface area contributed by atoms with Crippen LogP contribution in [0.25, 0.3) is 0 Å². The lowest BCUT2D eigenvalue weighted by Crippen LogP contribution is -2.17. The third kappa shape index (κ3) is 6.01. The highest BCUT2D eigenvalue weighted by Crippen LogP contribution is 2.36. The van der Waals surface area contributed by atoms with Crippen molar-refractivity contribution in [3.05, 3.63) is 58.7 Å². The third-order valence-electron chi connectivity index (χ3n) is 5.23. The number of carboxylic acid groups (broad SMARTS) is 1. The van der Waals surface area contributed by atoms with E-state index in [0.29, 0.717) is 5.69 Å². The number of carbonyl (C=O) groups is 1. The van der Waals surface area contributed by atoms with Gasteiger partial charge in [-0.1, -0.05) is 11.6 Å². The molecular formula is C23H26ClN4O5PS. The molecule has 0 aliphatic carbocycles. The highest BCUT2D eigenvalue weighted by molar-refractivity contribution is 7.92. The largest absolute Gasteiger partial charge is 0.478 e. The summed E-state index contributed by atoms with van der Waals surface area (Å²) in [6, 6.07) is 9.17. The second kappa shape index (κ2) is 9.97. The molecule has 0 aliphatic rings. The summed E-state index contributed by atoms with van der Waals surface area (Å²) < 4.78 is 38.2. The minimum absolute atomic E-state index is 0.133. The molecule has 12 heteroatoms. The van der Waals surface area contributed by atoms with Gasteiger partial charge in [0.2, 0.25) is 5.95 Å². The second-order valence-electron chi connectivity index (χ2n) is 8.60. The van der Waals surface area contributed by atoms with E-state index in [4.69, 9.17) is 11.6 Å². The molecule has 35 heavy (non-hydrogen) atoms. The van der Waals surface area contributed by atoms with Crippen molar-refractivity contribution in [2.24, 2.45) is 0 Å². The first-order valence-electron chi connectivity index (χ1n) is 10.5. The van der Waals surface area contributed by atoms with Crippen LogP contribution in [0.5, 0.6) is 0 Å². The Kier molecular flexibility index (Phi) is 7.59. The Balaban J connectivity index is 1.99. The Labute approximate surface area is 209 Å². The molecule has 0 radical (unpaired) electrons. The smallest absolute Gasteiger partial charge is 0.335 e. The molecule has 0 bridgehead atoms. The Bertz CT molecular complexity index is 1450. The van der Waals surface area contributed by atoms with Crippen molar-refractivity contribution >= 4 is 63.0 Å². The highest BCUT2D eigenvalue weighted by Gasteiger charge is 2.25. The third-order valence-corrected chi connectivity index (χ3v) is 9.22. The molecule has 3 N–H and O–H groups in total. The van der Waals surface area contributed by atoms with Crippen molar-refractivity contribution in [3.8, 4) is 0 Å². The van der Waals surface area contributed by atoms with E-state index in [1.807, 2.05) is 13.0 Å². The van der Waals surface area contributed by atoms with Gasteiger partial charge < -0.3 is 20.3 Å². The molecule has 9 nitrogen and oxygen atoms in total. The highest BCUT2D eigenvalue weighted by atomic mass is 35.5. The van der Waals surface area contributed by atoms with Crippen molar-refractivity contribution < 1.29 is 22.9 Å². The number of benzene rings is 2. The topological polar surface area (TPSA) is 138 Å². The standard InChI is InChI=1S/C23H26ClN4O5PS/c1-13(2)35(32,33)20-11-15(22(29)30)6-8-19(20)26-21-17(24)12-25-23(28-21)27-18-9-7-16(10-14(18)3)34(4,5)31/h6-13H,1-5H3,(H,29,30)(H2,25,26,27,28). The van der Waals surface area contributed by atoms with Gasteiger partial charge in [-0.15, -0.1) is 0 Å². The van der Waals surface area contributed by atoms with E-state index in [-0.39, 0.29) is 32.9 Å². The lowest BCUT2D eigenvalue weighted by Gasteiger charge is -2.16. The molecule has 0 saturated heterocycles. The Morgan fingerprint density at radius 3 is 2.31 bits per heavy atom. The van der Waals surface area contributed by atoms with Gasteiger partial charge in [-0.3, -0.25) is 0 Å². The number of halogens is 1. The van der Waals surface area contributed by atoms with E-state index in [1.54, 1.807) is 25.5 Å². The van der Waals surface area contributed by atoms with Crippen LogP contribution in [0.3, 0.4) is 0 Å². The molecule has 3 rings (SSSR count). The lowest BCUT2D eigenvalue weighted by molar-refractivity contribution is 0.0696. The van der Waals surface area contributed by atoms with Crippen molar-refractivity contribution in [1.29, 1.82) is 0 Å². The first kappa shape index (κ1) is 26.7. The minimum Gasteiger partial charge on any atom is -0.478 e. The Morgan fingerprint density at radius 1 is 1.09 bits per heavy atom. The summed E-state index contributed by atoms with van der Waals surface area (Å²) in [6.45, 7) is 8.28. The van der Waals surface area contributed by atoms with E-state index >= 15 is 0 Å².